The third kappa shape index (κ3) is 5.62. The number of hydrogen-bond donors (Lipinski definition) is 2. The highest BCUT2D eigenvalue weighted by molar-refractivity contribution is 6.35. The van der Waals surface area contributed by atoms with E-state index in [1.54, 1.807) is 57.3 Å². The van der Waals surface area contributed by atoms with Gasteiger partial charge in [-0.25, -0.2) is 9.78 Å². The predicted molar refractivity (Wildman–Crippen MR) is 93.8 cm³/mol. The molecule has 0 radical (unpaired) electrons. The average Bonchev–Trinajstić information content (AvgIpc) is 2.43. The molecule has 2 rings (SSSR count). The van der Waals surface area contributed by atoms with E-state index < -0.39 is 11.7 Å². The lowest BCUT2D eigenvalue weighted by Crippen LogP contribution is -2.27. The van der Waals surface area contributed by atoms with Crippen molar-refractivity contribution < 1.29 is 9.53 Å². The topological polar surface area (TPSA) is 63.2 Å². The molecule has 0 saturated carbocycles. The van der Waals surface area contributed by atoms with Crippen LogP contribution >= 0.6 is 23.2 Å². The van der Waals surface area contributed by atoms with Crippen LogP contribution in [0.4, 0.5) is 22.0 Å². The van der Waals surface area contributed by atoms with Crippen LogP contribution in [0.3, 0.4) is 0 Å². The van der Waals surface area contributed by atoms with E-state index >= 15 is 0 Å². The van der Waals surface area contributed by atoms with Crippen LogP contribution in [-0.2, 0) is 4.74 Å². The number of ether oxygens (including phenoxy) is 1. The van der Waals surface area contributed by atoms with Gasteiger partial charge in [0, 0.05) is 5.02 Å². The molecule has 0 aliphatic rings. The molecule has 122 valence electrons. The highest BCUT2D eigenvalue weighted by Gasteiger charge is 2.16. The van der Waals surface area contributed by atoms with Crippen LogP contribution < -0.4 is 10.6 Å². The maximum atomic E-state index is 11.7. The molecule has 2 aromatic rings. The number of carbonyl (C=O) groups excluding carboxylic acids is 1. The zero-order valence-corrected chi connectivity index (χ0v) is 14.5. The summed E-state index contributed by atoms with van der Waals surface area (Å²) in [7, 11) is 0. The van der Waals surface area contributed by atoms with E-state index in [-0.39, 0.29) is 0 Å². The second-order valence-electron chi connectivity index (χ2n) is 5.81. The Balaban J connectivity index is 2.02. The van der Waals surface area contributed by atoms with E-state index in [9.17, 15) is 4.79 Å². The number of nitrogens with zero attached hydrogens (tertiary/aromatic N) is 1. The van der Waals surface area contributed by atoms with Gasteiger partial charge in [-0.15, -0.1) is 0 Å². The Kier molecular flexibility index (Phi) is 5.34. The predicted octanol–water partition coefficient (Wildman–Crippen LogP) is 5.48. The second-order valence-corrected chi connectivity index (χ2v) is 6.65. The van der Waals surface area contributed by atoms with Crippen molar-refractivity contribution in [2.24, 2.45) is 0 Å². The Morgan fingerprint density at radius 2 is 1.91 bits per heavy atom. The van der Waals surface area contributed by atoms with Crippen molar-refractivity contribution in [3.8, 4) is 0 Å². The number of amides is 1. The van der Waals surface area contributed by atoms with E-state index in [1.165, 1.54) is 0 Å². The maximum absolute atomic E-state index is 11.7. The first-order valence-corrected chi connectivity index (χ1v) is 7.67. The Labute approximate surface area is 145 Å². The van der Waals surface area contributed by atoms with Gasteiger partial charge in [-0.05, 0) is 51.1 Å². The van der Waals surface area contributed by atoms with Crippen LogP contribution in [0.25, 0.3) is 0 Å². The van der Waals surface area contributed by atoms with Crippen molar-refractivity contribution in [3.05, 3.63) is 46.6 Å². The quantitative estimate of drug-likeness (QED) is 0.766. The Morgan fingerprint density at radius 1 is 1.17 bits per heavy atom. The monoisotopic (exact) mass is 353 g/mol. The number of rotatable bonds is 3. The zero-order chi connectivity index (χ0) is 17.0. The summed E-state index contributed by atoms with van der Waals surface area (Å²) in [5.41, 5.74) is 0.826. The number of anilines is 3. The average molecular weight is 354 g/mol. The first-order valence-electron chi connectivity index (χ1n) is 6.91. The number of nitrogens with one attached hydrogen (secondary N) is 2. The lowest BCUT2D eigenvalue weighted by Gasteiger charge is -2.19. The molecule has 0 spiro atoms. The van der Waals surface area contributed by atoms with Crippen molar-refractivity contribution in [2.45, 2.75) is 26.4 Å². The highest BCUT2D eigenvalue weighted by atomic mass is 35.5. The van der Waals surface area contributed by atoms with Gasteiger partial charge in [0.1, 0.15) is 11.4 Å². The smallest absolute Gasteiger partial charge is 0.413 e. The molecule has 0 unspecified atom stereocenters. The van der Waals surface area contributed by atoms with Crippen LogP contribution in [-0.4, -0.2) is 16.7 Å². The molecule has 1 aromatic carbocycles. The second kappa shape index (κ2) is 7.06. The summed E-state index contributed by atoms with van der Waals surface area (Å²) in [5, 5.41) is 6.80. The fraction of sp³-hybridized carbons (Fsp3) is 0.250. The van der Waals surface area contributed by atoms with Gasteiger partial charge in [0.2, 0.25) is 0 Å². The zero-order valence-electron chi connectivity index (χ0n) is 13.0. The molecular formula is C16H17Cl2N3O2. The number of pyridine rings is 1. The van der Waals surface area contributed by atoms with E-state index in [0.29, 0.717) is 27.2 Å². The van der Waals surface area contributed by atoms with Gasteiger partial charge in [-0.2, -0.15) is 0 Å². The summed E-state index contributed by atoms with van der Waals surface area (Å²) in [6.45, 7) is 5.38. The third-order valence-electron chi connectivity index (χ3n) is 2.60. The van der Waals surface area contributed by atoms with Crippen molar-refractivity contribution in [3.63, 3.8) is 0 Å². The van der Waals surface area contributed by atoms with Crippen LogP contribution in [0, 0.1) is 0 Å². The van der Waals surface area contributed by atoms with Crippen molar-refractivity contribution in [2.75, 3.05) is 10.6 Å². The van der Waals surface area contributed by atoms with Crippen molar-refractivity contribution in [1.29, 1.82) is 0 Å². The number of aromatic nitrogens is 1. The van der Waals surface area contributed by atoms with Crippen LogP contribution in [0.2, 0.25) is 10.0 Å². The number of benzene rings is 1. The fourth-order valence-corrected chi connectivity index (χ4v) is 2.04. The summed E-state index contributed by atoms with van der Waals surface area (Å²) in [5.74, 6) is 0.391. The highest BCUT2D eigenvalue weighted by Crippen LogP contribution is 2.28. The number of carbonyl (C=O) groups is 1. The lowest BCUT2D eigenvalue weighted by atomic mass is 10.2. The maximum Gasteiger partial charge on any atom is 0.413 e. The Bertz CT molecular complexity index is 697. The first kappa shape index (κ1) is 17.4. The largest absolute Gasteiger partial charge is 0.444 e. The van der Waals surface area contributed by atoms with Crippen LogP contribution in [0.15, 0.2) is 36.5 Å². The summed E-state index contributed by atoms with van der Waals surface area (Å²) in [4.78, 5) is 15.8. The molecule has 0 fully saturated rings. The molecule has 2 N–H and O–H groups in total. The van der Waals surface area contributed by atoms with E-state index in [2.05, 4.69) is 15.6 Å². The molecule has 0 aliphatic heterocycles. The number of hydrogen-bond acceptors (Lipinski definition) is 4. The summed E-state index contributed by atoms with van der Waals surface area (Å²) in [6.07, 6.45) is 1.02. The van der Waals surface area contributed by atoms with Gasteiger partial charge in [0.15, 0.2) is 0 Å². The van der Waals surface area contributed by atoms with Gasteiger partial charge in [0.25, 0.3) is 0 Å². The summed E-state index contributed by atoms with van der Waals surface area (Å²) >= 11 is 12.0. The molecule has 1 aromatic heterocycles. The molecule has 0 aliphatic carbocycles. The molecule has 5 nitrogen and oxygen atoms in total. The molecule has 0 atom stereocenters. The minimum Gasteiger partial charge on any atom is -0.444 e. The molecule has 1 heterocycles. The normalized spacial score (nSPS) is 11.0. The van der Waals surface area contributed by atoms with Crippen molar-refractivity contribution in [1.82, 2.24) is 4.98 Å². The van der Waals surface area contributed by atoms with Gasteiger partial charge < -0.3 is 10.1 Å². The van der Waals surface area contributed by atoms with Crippen molar-refractivity contribution >= 4 is 46.5 Å². The Morgan fingerprint density at radius 3 is 2.52 bits per heavy atom. The van der Waals surface area contributed by atoms with Gasteiger partial charge in [0.05, 0.1) is 22.6 Å². The molecule has 1 amide bonds. The third-order valence-corrected chi connectivity index (χ3v) is 3.16. The molecule has 0 saturated heterocycles. The van der Waals surface area contributed by atoms with E-state index in [1.807, 2.05) is 0 Å². The minimum atomic E-state index is -0.561. The number of halogens is 2. The van der Waals surface area contributed by atoms with E-state index in [4.69, 9.17) is 27.9 Å². The standard InChI is InChI=1S/C16H17Cl2N3O2/c1-16(2,3)23-15(22)21-14-7-5-11(9-19-14)20-13-8-10(17)4-6-12(13)18/h4-9,20H,1-3H3,(H,19,21,22). The molecule has 0 bridgehead atoms. The molecule has 23 heavy (non-hydrogen) atoms. The van der Waals surface area contributed by atoms with Crippen LogP contribution in [0.1, 0.15) is 20.8 Å². The van der Waals surface area contributed by atoms with Gasteiger partial charge in [-0.3, -0.25) is 5.32 Å². The summed E-state index contributed by atoms with van der Waals surface area (Å²) < 4.78 is 5.16. The Hall–Kier alpha value is -1.98. The van der Waals surface area contributed by atoms with E-state index in [0.717, 1.165) is 0 Å². The SMILES string of the molecule is CC(C)(C)OC(=O)Nc1ccc(Nc2cc(Cl)ccc2Cl)cn1. The molecular weight excluding hydrogens is 337 g/mol. The minimum absolute atomic E-state index is 0.391. The summed E-state index contributed by atoms with van der Waals surface area (Å²) in [6, 6.07) is 8.55. The van der Waals surface area contributed by atoms with Gasteiger partial charge in [-0.1, -0.05) is 23.2 Å². The lowest BCUT2D eigenvalue weighted by molar-refractivity contribution is 0.0635. The first-order chi connectivity index (χ1) is 10.7. The fourth-order valence-electron chi connectivity index (χ4n) is 1.70. The van der Waals surface area contributed by atoms with Crippen LogP contribution in [0.5, 0.6) is 0 Å². The molecule has 7 heteroatoms. The van der Waals surface area contributed by atoms with Gasteiger partial charge >= 0.3 is 6.09 Å².